The zero-order valence-electron chi connectivity index (χ0n) is 10.5. The number of hydrogen-bond acceptors (Lipinski definition) is 4. The van der Waals surface area contributed by atoms with Crippen LogP contribution in [0.3, 0.4) is 0 Å². The third kappa shape index (κ3) is 3.95. The van der Waals surface area contributed by atoms with Crippen molar-refractivity contribution in [2.24, 2.45) is 5.73 Å². The third-order valence-corrected chi connectivity index (χ3v) is 4.49. The van der Waals surface area contributed by atoms with E-state index in [4.69, 9.17) is 10.2 Å². The Morgan fingerprint density at radius 1 is 1.42 bits per heavy atom. The van der Waals surface area contributed by atoms with Crippen molar-refractivity contribution in [2.75, 3.05) is 13.6 Å². The summed E-state index contributed by atoms with van der Waals surface area (Å²) in [6.07, 6.45) is -5.61. The van der Waals surface area contributed by atoms with E-state index in [1.165, 1.54) is 13.0 Å². The summed E-state index contributed by atoms with van der Waals surface area (Å²) < 4.78 is 66.1. The van der Waals surface area contributed by atoms with Gasteiger partial charge in [-0.15, -0.1) is 0 Å². The largest absolute Gasteiger partial charge is 0.464 e. The Bertz CT molecular complexity index is 537. The van der Waals surface area contributed by atoms with Crippen molar-refractivity contribution in [1.82, 2.24) is 4.31 Å². The molecule has 1 heterocycles. The molecule has 5 nitrogen and oxygen atoms in total. The predicted molar refractivity (Wildman–Crippen MR) is 61.8 cm³/mol. The summed E-state index contributed by atoms with van der Waals surface area (Å²) in [6.45, 7) is 0.792. The molecule has 2 N–H and O–H groups in total. The van der Waals surface area contributed by atoms with E-state index in [2.05, 4.69) is 0 Å². The van der Waals surface area contributed by atoms with Gasteiger partial charge in [0.2, 0.25) is 10.0 Å². The summed E-state index contributed by atoms with van der Waals surface area (Å²) in [6, 6.07) is 1.23. The highest BCUT2D eigenvalue weighted by molar-refractivity contribution is 7.89. The highest BCUT2D eigenvalue weighted by atomic mass is 32.2. The van der Waals surface area contributed by atoms with Crippen LogP contribution in [0.15, 0.2) is 15.4 Å². The third-order valence-electron chi connectivity index (χ3n) is 2.52. The number of halogens is 3. The highest BCUT2D eigenvalue weighted by Crippen LogP contribution is 2.25. The Hall–Kier alpha value is -1.06. The van der Waals surface area contributed by atoms with Crippen molar-refractivity contribution in [3.63, 3.8) is 0 Å². The summed E-state index contributed by atoms with van der Waals surface area (Å²) in [4.78, 5) is -0.155. The smallest absolute Gasteiger partial charge is 0.390 e. The molecular formula is C10H15F3N2O3S. The zero-order valence-corrected chi connectivity index (χ0v) is 11.3. The van der Waals surface area contributed by atoms with E-state index < -0.39 is 29.2 Å². The molecule has 0 fully saturated rings. The minimum atomic E-state index is -4.41. The normalized spacial score (nSPS) is 13.2. The van der Waals surface area contributed by atoms with Gasteiger partial charge in [0.1, 0.15) is 16.4 Å². The first kappa shape index (κ1) is 16.0. The number of nitrogens with zero attached hydrogens (tertiary/aromatic N) is 1. The molecule has 0 aliphatic rings. The molecule has 9 heteroatoms. The topological polar surface area (TPSA) is 76.5 Å². The molecule has 0 aliphatic heterocycles. The summed E-state index contributed by atoms with van der Waals surface area (Å²) in [5.74, 6) is 0.375. The Morgan fingerprint density at radius 2 is 2.00 bits per heavy atom. The van der Waals surface area contributed by atoms with Gasteiger partial charge in [0.15, 0.2) is 0 Å². The first-order chi connectivity index (χ1) is 8.58. The zero-order chi connectivity index (χ0) is 14.8. The van der Waals surface area contributed by atoms with Crippen LogP contribution in [0, 0.1) is 6.92 Å². The van der Waals surface area contributed by atoms with E-state index >= 15 is 0 Å². The lowest BCUT2D eigenvalue weighted by molar-refractivity contribution is -0.135. The van der Waals surface area contributed by atoms with Crippen LogP contribution in [0.2, 0.25) is 0 Å². The standard InChI is InChI=1S/C10H15F3N2O3S/c1-7-9(5-8(6-14)18-7)19(16,17)15(2)4-3-10(11,12)13/h5H,3-4,6,14H2,1-2H3. The molecule has 19 heavy (non-hydrogen) atoms. The van der Waals surface area contributed by atoms with Gasteiger partial charge in [-0.1, -0.05) is 0 Å². The van der Waals surface area contributed by atoms with Gasteiger partial charge >= 0.3 is 6.18 Å². The lowest BCUT2D eigenvalue weighted by atomic mass is 10.4. The van der Waals surface area contributed by atoms with E-state index in [1.54, 1.807) is 0 Å². The molecule has 0 unspecified atom stereocenters. The van der Waals surface area contributed by atoms with Crippen LogP contribution < -0.4 is 5.73 Å². The Labute approximate surface area is 109 Å². The molecule has 110 valence electrons. The minimum absolute atomic E-state index is 0.0165. The average molecular weight is 300 g/mol. The second-order valence-electron chi connectivity index (χ2n) is 4.03. The van der Waals surface area contributed by atoms with Crippen LogP contribution in [-0.4, -0.2) is 32.5 Å². The molecule has 1 rings (SSSR count). The molecule has 0 saturated heterocycles. The number of furan rings is 1. The summed E-state index contributed by atoms with van der Waals surface area (Å²) in [5, 5.41) is 0. The van der Waals surface area contributed by atoms with Crippen molar-refractivity contribution in [3.05, 3.63) is 17.6 Å². The molecule has 0 saturated carbocycles. The molecule has 0 spiro atoms. The molecule has 0 amide bonds. The highest BCUT2D eigenvalue weighted by Gasteiger charge is 2.31. The van der Waals surface area contributed by atoms with Crippen LogP contribution in [0.25, 0.3) is 0 Å². The van der Waals surface area contributed by atoms with Gasteiger partial charge in [0, 0.05) is 19.7 Å². The van der Waals surface area contributed by atoms with Crippen molar-refractivity contribution < 1.29 is 26.0 Å². The van der Waals surface area contributed by atoms with Crippen LogP contribution in [0.4, 0.5) is 13.2 Å². The van der Waals surface area contributed by atoms with E-state index in [-0.39, 0.29) is 23.0 Å². The monoisotopic (exact) mass is 300 g/mol. The second kappa shape index (κ2) is 5.51. The van der Waals surface area contributed by atoms with Crippen LogP contribution in [0.1, 0.15) is 17.9 Å². The maximum atomic E-state index is 12.1. The van der Waals surface area contributed by atoms with Crippen molar-refractivity contribution in [1.29, 1.82) is 0 Å². The summed E-state index contributed by atoms with van der Waals surface area (Å²) in [7, 11) is -2.90. The fourth-order valence-corrected chi connectivity index (χ4v) is 2.81. The minimum Gasteiger partial charge on any atom is -0.464 e. The maximum absolute atomic E-state index is 12.1. The van der Waals surface area contributed by atoms with E-state index in [9.17, 15) is 21.6 Å². The van der Waals surface area contributed by atoms with E-state index in [1.807, 2.05) is 0 Å². The van der Waals surface area contributed by atoms with Gasteiger partial charge in [0.05, 0.1) is 13.0 Å². The molecule has 0 radical (unpaired) electrons. The quantitative estimate of drug-likeness (QED) is 0.896. The van der Waals surface area contributed by atoms with Gasteiger partial charge < -0.3 is 10.2 Å². The lowest BCUT2D eigenvalue weighted by Gasteiger charge is -2.17. The molecule has 1 aromatic rings. The first-order valence-corrected chi connectivity index (χ1v) is 6.84. The number of sulfonamides is 1. The summed E-state index contributed by atoms with van der Waals surface area (Å²) >= 11 is 0. The average Bonchev–Trinajstić information content (AvgIpc) is 2.67. The molecule has 1 aromatic heterocycles. The number of hydrogen-bond donors (Lipinski definition) is 1. The lowest BCUT2D eigenvalue weighted by Crippen LogP contribution is -2.30. The molecule has 0 atom stereocenters. The molecule has 0 aliphatic carbocycles. The van der Waals surface area contributed by atoms with Gasteiger partial charge in [-0.2, -0.15) is 13.2 Å². The van der Waals surface area contributed by atoms with Gasteiger partial charge in [0.25, 0.3) is 0 Å². The number of nitrogens with two attached hydrogens (primary N) is 1. The van der Waals surface area contributed by atoms with Crippen molar-refractivity contribution in [3.8, 4) is 0 Å². The first-order valence-electron chi connectivity index (χ1n) is 5.40. The van der Waals surface area contributed by atoms with E-state index in [0.717, 1.165) is 7.05 Å². The number of rotatable bonds is 5. The number of aryl methyl sites for hydroxylation is 1. The Kier molecular flexibility index (Phi) is 4.64. The molecule has 0 bridgehead atoms. The molecule has 0 aromatic carbocycles. The van der Waals surface area contributed by atoms with E-state index in [0.29, 0.717) is 4.31 Å². The van der Waals surface area contributed by atoms with Gasteiger partial charge in [-0.05, 0) is 6.92 Å². The van der Waals surface area contributed by atoms with Gasteiger partial charge in [-0.3, -0.25) is 0 Å². The van der Waals surface area contributed by atoms with Crippen molar-refractivity contribution >= 4 is 10.0 Å². The SMILES string of the molecule is Cc1oc(CN)cc1S(=O)(=O)N(C)CCC(F)(F)F. The van der Waals surface area contributed by atoms with Crippen LogP contribution >= 0.6 is 0 Å². The second-order valence-corrected chi connectivity index (χ2v) is 6.04. The Morgan fingerprint density at radius 3 is 2.42 bits per heavy atom. The fraction of sp³-hybridized carbons (Fsp3) is 0.600. The Balaban J connectivity index is 2.93. The predicted octanol–water partition coefficient (Wildman–Crippen LogP) is 1.62. The maximum Gasteiger partial charge on any atom is 0.390 e. The number of alkyl halides is 3. The van der Waals surface area contributed by atoms with Crippen LogP contribution in [0.5, 0.6) is 0 Å². The summed E-state index contributed by atoms with van der Waals surface area (Å²) in [5.41, 5.74) is 5.32. The van der Waals surface area contributed by atoms with Crippen molar-refractivity contribution in [2.45, 2.75) is 31.0 Å². The van der Waals surface area contributed by atoms with Gasteiger partial charge in [-0.25, -0.2) is 12.7 Å². The molecular weight excluding hydrogens is 285 g/mol. The fourth-order valence-electron chi connectivity index (χ4n) is 1.45. The van der Waals surface area contributed by atoms with Crippen LogP contribution in [-0.2, 0) is 16.6 Å².